The van der Waals surface area contributed by atoms with Crippen molar-refractivity contribution in [3.63, 3.8) is 0 Å². The molecule has 2 amide bonds. The van der Waals surface area contributed by atoms with Crippen LogP contribution in [0, 0.1) is 0 Å². The molecule has 26 heavy (non-hydrogen) atoms. The predicted molar refractivity (Wildman–Crippen MR) is 101 cm³/mol. The molecule has 8 heteroatoms. The number of rotatable bonds is 4. The second-order valence-electron chi connectivity index (χ2n) is 6.17. The van der Waals surface area contributed by atoms with Gasteiger partial charge in [0.1, 0.15) is 18.1 Å². The van der Waals surface area contributed by atoms with E-state index in [2.05, 4.69) is 5.32 Å². The summed E-state index contributed by atoms with van der Waals surface area (Å²) >= 11 is 2.84. The van der Waals surface area contributed by atoms with Gasteiger partial charge in [-0.2, -0.15) is 0 Å². The molecule has 6 nitrogen and oxygen atoms in total. The Balaban J connectivity index is 1.56. The second-order valence-corrected chi connectivity index (χ2v) is 8.17. The smallest absolute Gasteiger partial charge is 0.268 e. The quantitative estimate of drug-likeness (QED) is 0.867. The third kappa shape index (κ3) is 3.07. The lowest BCUT2D eigenvalue weighted by molar-refractivity contribution is 0.0734. The van der Waals surface area contributed by atoms with E-state index in [-0.39, 0.29) is 17.9 Å². The SMILES string of the molecule is CCNC(=O)c1ccc(C2CCCN2C(=O)c2scc3c2OCCO3)s1. The second kappa shape index (κ2) is 7.28. The van der Waals surface area contributed by atoms with Gasteiger partial charge in [0.15, 0.2) is 11.5 Å². The fourth-order valence-electron chi connectivity index (χ4n) is 3.35. The van der Waals surface area contributed by atoms with Crippen LogP contribution in [-0.4, -0.2) is 43.0 Å². The molecule has 1 N–H and O–H groups in total. The molecule has 2 aliphatic rings. The summed E-state index contributed by atoms with van der Waals surface area (Å²) < 4.78 is 11.2. The Labute approximate surface area is 159 Å². The van der Waals surface area contributed by atoms with E-state index in [4.69, 9.17) is 9.47 Å². The Morgan fingerprint density at radius 2 is 2.15 bits per heavy atom. The van der Waals surface area contributed by atoms with Gasteiger partial charge in [0.05, 0.1) is 10.9 Å². The van der Waals surface area contributed by atoms with Gasteiger partial charge in [-0.1, -0.05) is 0 Å². The molecule has 0 saturated carbocycles. The molecular formula is C18H20N2O4S2. The van der Waals surface area contributed by atoms with Gasteiger partial charge in [-0.25, -0.2) is 0 Å². The largest absolute Gasteiger partial charge is 0.485 e. The first kappa shape index (κ1) is 17.4. The summed E-state index contributed by atoms with van der Waals surface area (Å²) in [5.41, 5.74) is 0. The third-order valence-corrected chi connectivity index (χ3v) is 6.64. The fourth-order valence-corrected chi connectivity index (χ4v) is 5.30. The molecule has 1 atom stereocenters. The average molecular weight is 393 g/mol. The van der Waals surface area contributed by atoms with Crippen molar-refractivity contribution in [2.24, 2.45) is 0 Å². The van der Waals surface area contributed by atoms with E-state index >= 15 is 0 Å². The zero-order valence-corrected chi connectivity index (χ0v) is 16.1. The first-order chi connectivity index (χ1) is 12.7. The van der Waals surface area contributed by atoms with Crippen molar-refractivity contribution in [3.05, 3.63) is 32.1 Å². The lowest BCUT2D eigenvalue weighted by Crippen LogP contribution is -2.30. The summed E-state index contributed by atoms with van der Waals surface area (Å²) in [4.78, 5) is 29.4. The molecule has 0 aromatic carbocycles. The van der Waals surface area contributed by atoms with E-state index in [1.807, 2.05) is 29.3 Å². The number of amides is 2. The van der Waals surface area contributed by atoms with Crippen molar-refractivity contribution in [2.75, 3.05) is 26.3 Å². The monoisotopic (exact) mass is 392 g/mol. The lowest BCUT2D eigenvalue weighted by Gasteiger charge is -2.24. The first-order valence-corrected chi connectivity index (χ1v) is 10.4. The number of hydrogen-bond donors (Lipinski definition) is 1. The van der Waals surface area contributed by atoms with Crippen LogP contribution in [0.15, 0.2) is 17.5 Å². The minimum Gasteiger partial charge on any atom is -0.485 e. The number of likely N-dealkylation sites (tertiary alicyclic amines) is 1. The maximum absolute atomic E-state index is 13.1. The van der Waals surface area contributed by atoms with Gasteiger partial charge in [0.25, 0.3) is 11.8 Å². The van der Waals surface area contributed by atoms with Gasteiger partial charge in [0, 0.05) is 23.3 Å². The van der Waals surface area contributed by atoms with Gasteiger partial charge < -0.3 is 19.7 Å². The van der Waals surface area contributed by atoms with Crippen molar-refractivity contribution in [2.45, 2.75) is 25.8 Å². The van der Waals surface area contributed by atoms with E-state index in [0.29, 0.717) is 47.6 Å². The van der Waals surface area contributed by atoms with Gasteiger partial charge in [-0.3, -0.25) is 9.59 Å². The van der Waals surface area contributed by atoms with Crippen molar-refractivity contribution >= 4 is 34.5 Å². The Morgan fingerprint density at radius 3 is 3.00 bits per heavy atom. The lowest BCUT2D eigenvalue weighted by atomic mass is 10.2. The molecule has 4 heterocycles. The molecule has 0 radical (unpaired) electrons. The number of carbonyl (C=O) groups excluding carboxylic acids is 2. The highest BCUT2D eigenvalue weighted by Gasteiger charge is 2.35. The topological polar surface area (TPSA) is 67.9 Å². The van der Waals surface area contributed by atoms with E-state index in [1.54, 1.807) is 0 Å². The highest BCUT2D eigenvalue weighted by molar-refractivity contribution is 7.14. The molecule has 1 saturated heterocycles. The van der Waals surface area contributed by atoms with E-state index in [0.717, 1.165) is 17.7 Å². The molecule has 4 rings (SSSR count). The summed E-state index contributed by atoms with van der Waals surface area (Å²) in [5, 5.41) is 4.66. The van der Waals surface area contributed by atoms with Gasteiger partial charge >= 0.3 is 0 Å². The number of nitrogens with one attached hydrogen (secondary N) is 1. The molecule has 2 aliphatic heterocycles. The zero-order valence-electron chi connectivity index (χ0n) is 14.4. The van der Waals surface area contributed by atoms with Crippen LogP contribution < -0.4 is 14.8 Å². The maximum Gasteiger partial charge on any atom is 0.268 e. The Hall–Kier alpha value is -2.06. The Bertz CT molecular complexity index is 829. The number of fused-ring (bicyclic) bond motifs is 1. The molecule has 2 aromatic rings. The summed E-state index contributed by atoms with van der Waals surface area (Å²) in [6, 6.07) is 3.82. The summed E-state index contributed by atoms with van der Waals surface area (Å²) in [6.07, 6.45) is 1.86. The fraction of sp³-hybridized carbons (Fsp3) is 0.444. The van der Waals surface area contributed by atoms with Crippen LogP contribution in [-0.2, 0) is 0 Å². The minimum absolute atomic E-state index is 0.0120. The summed E-state index contributed by atoms with van der Waals surface area (Å²) in [5.74, 6) is 1.16. The van der Waals surface area contributed by atoms with Gasteiger partial charge in [-0.05, 0) is 31.9 Å². The maximum atomic E-state index is 13.1. The number of thiophene rings is 2. The normalized spacial score (nSPS) is 18.8. The molecule has 0 aliphatic carbocycles. The summed E-state index contributed by atoms with van der Waals surface area (Å²) in [7, 11) is 0. The van der Waals surface area contributed by atoms with Gasteiger partial charge in [-0.15, -0.1) is 22.7 Å². The van der Waals surface area contributed by atoms with Crippen LogP contribution in [0.4, 0.5) is 0 Å². The molecule has 1 fully saturated rings. The molecular weight excluding hydrogens is 372 g/mol. The van der Waals surface area contributed by atoms with E-state index < -0.39 is 0 Å². The first-order valence-electron chi connectivity index (χ1n) is 8.75. The number of hydrogen-bond acceptors (Lipinski definition) is 6. The van der Waals surface area contributed by atoms with Crippen molar-refractivity contribution in [3.8, 4) is 11.5 Å². The van der Waals surface area contributed by atoms with Gasteiger partial charge in [0.2, 0.25) is 0 Å². The number of nitrogens with zero attached hydrogens (tertiary/aromatic N) is 1. The highest BCUT2D eigenvalue weighted by Crippen LogP contribution is 2.43. The van der Waals surface area contributed by atoms with Crippen LogP contribution in [0.25, 0.3) is 0 Å². The molecule has 0 bridgehead atoms. The highest BCUT2D eigenvalue weighted by atomic mass is 32.1. The zero-order chi connectivity index (χ0) is 18.1. The van der Waals surface area contributed by atoms with Crippen LogP contribution in [0.5, 0.6) is 11.5 Å². The van der Waals surface area contributed by atoms with Crippen LogP contribution in [0.2, 0.25) is 0 Å². The van der Waals surface area contributed by atoms with Crippen LogP contribution in [0.3, 0.4) is 0 Å². The number of ether oxygens (including phenoxy) is 2. The number of carbonyl (C=O) groups is 2. The average Bonchev–Trinajstić information content (AvgIpc) is 3.38. The molecule has 2 aromatic heterocycles. The van der Waals surface area contributed by atoms with E-state index in [9.17, 15) is 9.59 Å². The Morgan fingerprint density at radius 1 is 1.31 bits per heavy atom. The minimum atomic E-state index is -0.0579. The van der Waals surface area contributed by atoms with Crippen molar-refractivity contribution in [1.82, 2.24) is 10.2 Å². The molecule has 1 unspecified atom stereocenters. The molecule has 0 spiro atoms. The van der Waals surface area contributed by atoms with Crippen LogP contribution >= 0.6 is 22.7 Å². The van der Waals surface area contributed by atoms with Crippen molar-refractivity contribution in [1.29, 1.82) is 0 Å². The van der Waals surface area contributed by atoms with E-state index in [1.165, 1.54) is 22.7 Å². The molecule has 138 valence electrons. The standard InChI is InChI=1S/C18H20N2O4S2/c1-2-19-17(21)14-6-5-13(26-14)11-4-3-7-20(11)18(22)16-15-12(10-25-16)23-8-9-24-15/h5-6,10-11H,2-4,7-9H2,1H3,(H,19,21). The Kier molecular flexibility index (Phi) is 4.86. The summed E-state index contributed by atoms with van der Waals surface area (Å²) in [6.45, 7) is 4.20. The van der Waals surface area contributed by atoms with Crippen molar-refractivity contribution < 1.29 is 19.1 Å². The third-order valence-electron chi connectivity index (χ3n) is 4.53. The van der Waals surface area contributed by atoms with Crippen LogP contribution in [0.1, 0.15) is 50.0 Å². The predicted octanol–water partition coefficient (Wildman–Crippen LogP) is 3.31.